The molecule has 6 aromatic rings. The summed E-state index contributed by atoms with van der Waals surface area (Å²) in [5.41, 5.74) is 4.27. The summed E-state index contributed by atoms with van der Waals surface area (Å²) in [6, 6.07) is 32.6. The first-order chi connectivity index (χ1) is 17.7. The molecule has 3 aromatic carbocycles. The van der Waals surface area contributed by atoms with Gasteiger partial charge in [0, 0.05) is 35.3 Å². The van der Waals surface area contributed by atoms with Crippen LogP contribution < -0.4 is 9.47 Å². The fourth-order valence-corrected chi connectivity index (χ4v) is 4.55. The average Bonchev–Trinajstić information content (AvgIpc) is 3.23. The summed E-state index contributed by atoms with van der Waals surface area (Å²) in [4.78, 5) is 8.95. The van der Waals surface area contributed by atoms with Crippen molar-refractivity contribution in [3.63, 3.8) is 0 Å². The van der Waals surface area contributed by atoms with Crippen LogP contribution >= 0.6 is 0 Å². The normalized spacial score (nSPS) is 11.3. The summed E-state index contributed by atoms with van der Waals surface area (Å²) < 4.78 is 14.4. The molecule has 36 heavy (non-hydrogen) atoms. The molecule has 3 heterocycles. The van der Waals surface area contributed by atoms with E-state index in [0.717, 1.165) is 33.7 Å². The third kappa shape index (κ3) is 4.16. The highest BCUT2D eigenvalue weighted by molar-refractivity contribution is 6.10. The van der Waals surface area contributed by atoms with Crippen molar-refractivity contribution in [3.05, 3.63) is 109 Å². The number of benzene rings is 3. The minimum atomic E-state index is 0.0390. The van der Waals surface area contributed by atoms with E-state index in [1.165, 1.54) is 10.8 Å². The molecular formula is C31H25N3O2. The third-order valence-corrected chi connectivity index (χ3v) is 6.00. The van der Waals surface area contributed by atoms with Crippen molar-refractivity contribution in [1.29, 1.82) is 0 Å². The molecule has 0 saturated carbocycles. The number of rotatable bonds is 6. The van der Waals surface area contributed by atoms with Gasteiger partial charge >= 0.3 is 0 Å². The number of pyridine rings is 2. The smallest absolute Gasteiger partial charge is 0.219 e. The van der Waals surface area contributed by atoms with Crippen LogP contribution in [0.3, 0.4) is 0 Å². The van der Waals surface area contributed by atoms with Crippen molar-refractivity contribution in [2.45, 2.75) is 20.0 Å². The minimum absolute atomic E-state index is 0.0390. The van der Waals surface area contributed by atoms with E-state index in [9.17, 15) is 0 Å². The van der Waals surface area contributed by atoms with Gasteiger partial charge in [0.05, 0.1) is 17.1 Å². The summed E-state index contributed by atoms with van der Waals surface area (Å²) in [6.07, 6.45) is 3.58. The molecular weight excluding hydrogens is 446 g/mol. The molecule has 0 aliphatic heterocycles. The molecule has 0 aliphatic carbocycles. The van der Waals surface area contributed by atoms with E-state index in [4.69, 9.17) is 9.47 Å². The zero-order valence-electron chi connectivity index (χ0n) is 20.1. The van der Waals surface area contributed by atoms with E-state index in [1.807, 2.05) is 68.6 Å². The summed E-state index contributed by atoms with van der Waals surface area (Å²) in [5, 5.41) is 2.38. The summed E-state index contributed by atoms with van der Waals surface area (Å²) >= 11 is 0. The summed E-state index contributed by atoms with van der Waals surface area (Å²) in [7, 11) is 0. The van der Waals surface area contributed by atoms with Crippen LogP contribution in [-0.4, -0.2) is 20.6 Å². The summed E-state index contributed by atoms with van der Waals surface area (Å²) in [6.45, 7) is 4.03. The largest absolute Gasteiger partial charge is 0.491 e. The number of hydrogen-bond acceptors (Lipinski definition) is 4. The topological polar surface area (TPSA) is 49.2 Å². The van der Waals surface area contributed by atoms with Crippen molar-refractivity contribution in [3.8, 4) is 34.3 Å². The number of ether oxygens (including phenoxy) is 2. The number of para-hydroxylation sites is 1. The molecule has 5 heteroatoms. The average molecular weight is 472 g/mol. The highest BCUT2D eigenvalue weighted by Crippen LogP contribution is 2.37. The Balaban J connectivity index is 1.53. The van der Waals surface area contributed by atoms with Crippen molar-refractivity contribution in [2.24, 2.45) is 0 Å². The third-order valence-electron chi connectivity index (χ3n) is 6.00. The van der Waals surface area contributed by atoms with Gasteiger partial charge in [-0.25, -0.2) is 9.97 Å². The van der Waals surface area contributed by atoms with Crippen LogP contribution in [0.25, 0.3) is 38.8 Å². The van der Waals surface area contributed by atoms with Gasteiger partial charge < -0.3 is 9.47 Å². The first-order valence-corrected chi connectivity index (χ1v) is 12.0. The molecule has 0 atom stereocenters. The van der Waals surface area contributed by atoms with Gasteiger partial charge in [-0.3, -0.25) is 4.57 Å². The maximum Gasteiger partial charge on any atom is 0.219 e. The maximum absolute atomic E-state index is 6.08. The van der Waals surface area contributed by atoms with Crippen molar-refractivity contribution < 1.29 is 9.47 Å². The molecule has 0 radical (unpaired) electrons. The minimum Gasteiger partial charge on any atom is -0.491 e. The number of fused-ring (bicyclic) bond motifs is 3. The SMILES string of the molecule is CC(C)Oc1cc(Oc2ccccn2)cc(-c2ccc3c4ccccc4n(-c4ccccn4)c3c2)c1. The van der Waals surface area contributed by atoms with Gasteiger partial charge in [0.2, 0.25) is 5.88 Å². The van der Waals surface area contributed by atoms with Crippen molar-refractivity contribution >= 4 is 21.8 Å². The highest BCUT2D eigenvalue weighted by atomic mass is 16.5. The Labute approximate surface area is 209 Å². The Morgan fingerprint density at radius 2 is 1.39 bits per heavy atom. The van der Waals surface area contributed by atoms with Gasteiger partial charge in [-0.2, -0.15) is 0 Å². The zero-order valence-corrected chi connectivity index (χ0v) is 20.1. The van der Waals surface area contributed by atoms with Crippen LogP contribution in [0.15, 0.2) is 109 Å². The quantitative estimate of drug-likeness (QED) is 0.248. The van der Waals surface area contributed by atoms with Crippen LogP contribution in [-0.2, 0) is 0 Å². The van der Waals surface area contributed by atoms with Gasteiger partial charge in [-0.05, 0) is 67.4 Å². The molecule has 0 bridgehead atoms. The lowest BCUT2D eigenvalue weighted by atomic mass is 10.0. The first kappa shape index (κ1) is 21.9. The fourth-order valence-electron chi connectivity index (χ4n) is 4.55. The van der Waals surface area contributed by atoms with Gasteiger partial charge in [0.25, 0.3) is 0 Å². The molecule has 6 rings (SSSR count). The van der Waals surface area contributed by atoms with Crippen LogP contribution in [0.4, 0.5) is 0 Å². The lowest BCUT2D eigenvalue weighted by Gasteiger charge is -2.14. The van der Waals surface area contributed by atoms with E-state index < -0.39 is 0 Å². The number of nitrogens with zero attached hydrogens (tertiary/aromatic N) is 3. The first-order valence-electron chi connectivity index (χ1n) is 12.0. The number of hydrogen-bond donors (Lipinski definition) is 0. The molecule has 0 N–H and O–H groups in total. The van der Waals surface area contributed by atoms with Crippen LogP contribution in [0.1, 0.15) is 13.8 Å². The molecule has 0 unspecified atom stereocenters. The second-order valence-corrected chi connectivity index (χ2v) is 8.90. The molecule has 0 aliphatic rings. The second-order valence-electron chi connectivity index (χ2n) is 8.90. The van der Waals surface area contributed by atoms with Crippen molar-refractivity contribution in [2.75, 3.05) is 0 Å². The Kier molecular flexibility index (Phi) is 5.58. The van der Waals surface area contributed by atoms with E-state index in [2.05, 4.69) is 63.1 Å². The predicted octanol–water partition coefficient (Wildman–Crippen LogP) is 7.82. The van der Waals surface area contributed by atoms with E-state index in [1.54, 1.807) is 6.20 Å². The van der Waals surface area contributed by atoms with Crippen LogP contribution in [0.5, 0.6) is 17.4 Å². The molecule has 3 aromatic heterocycles. The van der Waals surface area contributed by atoms with E-state index in [-0.39, 0.29) is 6.10 Å². The Hall–Kier alpha value is -4.64. The highest BCUT2D eigenvalue weighted by Gasteiger charge is 2.15. The molecule has 0 amide bonds. The Morgan fingerprint density at radius 3 is 2.17 bits per heavy atom. The Morgan fingerprint density at radius 1 is 0.639 bits per heavy atom. The van der Waals surface area contributed by atoms with Gasteiger partial charge in [-0.1, -0.05) is 42.5 Å². The van der Waals surface area contributed by atoms with Crippen LogP contribution in [0.2, 0.25) is 0 Å². The van der Waals surface area contributed by atoms with Gasteiger partial charge in [0.15, 0.2) is 0 Å². The monoisotopic (exact) mass is 471 g/mol. The Bertz CT molecular complexity index is 1660. The predicted molar refractivity (Wildman–Crippen MR) is 144 cm³/mol. The second kappa shape index (κ2) is 9.19. The number of aromatic nitrogens is 3. The standard InChI is InChI=1S/C31H25N3O2/c1-21(2)35-24-17-23(18-25(20-24)36-31-12-6-8-16-33-31)22-13-14-27-26-9-3-4-10-28(26)34(29(27)19-22)30-11-5-7-15-32-30/h3-21H,1-2H3. The zero-order chi connectivity index (χ0) is 24.5. The van der Waals surface area contributed by atoms with Gasteiger partial charge in [-0.15, -0.1) is 0 Å². The van der Waals surface area contributed by atoms with Crippen LogP contribution in [0, 0.1) is 0 Å². The molecule has 0 spiro atoms. The lowest BCUT2D eigenvalue weighted by molar-refractivity contribution is 0.241. The lowest BCUT2D eigenvalue weighted by Crippen LogP contribution is -2.05. The molecule has 5 nitrogen and oxygen atoms in total. The molecule has 0 saturated heterocycles. The van der Waals surface area contributed by atoms with E-state index >= 15 is 0 Å². The van der Waals surface area contributed by atoms with Gasteiger partial charge in [0.1, 0.15) is 17.3 Å². The molecule has 0 fully saturated rings. The fraction of sp³-hybridized carbons (Fsp3) is 0.0968. The van der Waals surface area contributed by atoms with Crippen molar-refractivity contribution in [1.82, 2.24) is 14.5 Å². The molecule has 176 valence electrons. The van der Waals surface area contributed by atoms with E-state index in [0.29, 0.717) is 11.6 Å². The maximum atomic E-state index is 6.08. The summed E-state index contributed by atoms with van der Waals surface area (Å²) in [5.74, 6) is 2.85.